The Morgan fingerprint density at radius 2 is 2.04 bits per heavy atom. The number of aliphatic hydroxyl groups excluding tert-OH is 1. The maximum Gasteiger partial charge on any atom is 0.140 e. The number of hydrogen-bond donors (Lipinski definition) is 1. The van der Waals surface area contributed by atoms with E-state index >= 15 is 0 Å². The average molecular weight is 345 g/mol. The van der Waals surface area contributed by atoms with Gasteiger partial charge in [0.1, 0.15) is 12.0 Å². The third kappa shape index (κ3) is 3.47. The molecule has 5 nitrogen and oxygen atoms in total. The summed E-state index contributed by atoms with van der Waals surface area (Å²) in [4.78, 5) is 9.15. The van der Waals surface area contributed by atoms with Gasteiger partial charge in [0, 0.05) is 43.7 Å². The standard InChI is InChI=1S/C19H24FN3O2/c1-13-2-3-14-9-15(10-22-11-16(20)18(24)12-22)19(21-17(14)8-13)23-4-6-25-7-5-23/h2-3,8-9,16,18,24H,4-7,10-12H2,1H3/t16-,18-/m0/s1. The van der Waals surface area contributed by atoms with Crippen LogP contribution in [0.4, 0.5) is 10.2 Å². The van der Waals surface area contributed by atoms with Gasteiger partial charge in [0.15, 0.2) is 0 Å². The highest BCUT2D eigenvalue weighted by Gasteiger charge is 2.32. The molecule has 2 saturated heterocycles. The van der Waals surface area contributed by atoms with Gasteiger partial charge in [0.25, 0.3) is 0 Å². The average Bonchev–Trinajstić information content (AvgIpc) is 2.93. The first-order chi connectivity index (χ1) is 12.1. The van der Waals surface area contributed by atoms with Gasteiger partial charge in [-0.2, -0.15) is 0 Å². The van der Waals surface area contributed by atoms with Crippen molar-refractivity contribution in [2.24, 2.45) is 0 Å². The number of alkyl halides is 1. The fourth-order valence-corrected chi connectivity index (χ4v) is 3.67. The van der Waals surface area contributed by atoms with Gasteiger partial charge < -0.3 is 14.7 Å². The van der Waals surface area contributed by atoms with Crippen LogP contribution in [-0.2, 0) is 11.3 Å². The number of halogens is 1. The molecule has 0 amide bonds. The number of ether oxygens (including phenoxy) is 1. The molecule has 2 atom stereocenters. The van der Waals surface area contributed by atoms with Crippen LogP contribution in [0.5, 0.6) is 0 Å². The van der Waals surface area contributed by atoms with E-state index in [1.54, 1.807) is 0 Å². The smallest absolute Gasteiger partial charge is 0.140 e. The van der Waals surface area contributed by atoms with Gasteiger partial charge >= 0.3 is 0 Å². The summed E-state index contributed by atoms with van der Waals surface area (Å²) in [5, 5.41) is 10.8. The van der Waals surface area contributed by atoms with Crippen LogP contribution in [0.15, 0.2) is 24.3 Å². The maximum absolute atomic E-state index is 13.7. The molecule has 1 aromatic carbocycles. The number of fused-ring (bicyclic) bond motifs is 1. The number of aliphatic hydroxyl groups is 1. The van der Waals surface area contributed by atoms with E-state index in [-0.39, 0.29) is 6.54 Å². The molecule has 1 N–H and O–H groups in total. The Morgan fingerprint density at radius 1 is 1.24 bits per heavy atom. The maximum atomic E-state index is 13.7. The van der Waals surface area contributed by atoms with E-state index in [2.05, 4.69) is 36.1 Å². The first kappa shape index (κ1) is 16.7. The molecule has 2 aliphatic heterocycles. The number of likely N-dealkylation sites (tertiary alicyclic amines) is 1. The number of hydrogen-bond acceptors (Lipinski definition) is 5. The van der Waals surface area contributed by atoms with Gasteiger partial charge in [-0.3, -0.25) is 4.90 Å². The van der Waals surface area contributed by atoms with Crippen molar-refractivity contribution in [2.45, 2.75) is 25.7 Å². The monoisotopic (exact) mass is 345 g/mol. The minimum atomic E-state index is -1.16. The predicted octanol–water partition coefficient (Wildman–Crippen LogP) is 1.89. The third-order valence-corrected chi connectivity index (χ3v) is 5.03. The lowest BCUT2D eigenvalue weighted by Crippen LogP contribution is -2.38. The molecule has 0 bridgehead atoms. The zero-order chi connectivity index (χ0) is 17.4. The molecule has 25 heavy (non-hydrogen) atoms. The predicted molar refractivity (Wildman–Crippen MR) is 95.7 cm³/mol. The third-order valence-electron chi connectivity index (χ3n) is 5.03. The van der Waals surface area contributed by atoms with Crippen LogP contribution in [0.1, 0.15) is 11.1 Å². The first-order valence-corrected chi connectivity index (χ1v) is 8.87. The molecule has 2 aliphatic rings. The van der Waals surface area contributed by atoms with E-state index in [1.165, 1.54) is 5.56 Å². The van der Waals surface area contributed by atoms with Crippen molar-refractivity contribution in [1.29, 1.82) is 0 Å². The van der Waals surface area contributed by atoms with Crippen molar-refractivity contribution in [3.63, 3.8) is 0 Å². The van der Waals surface area contributed by atoms with Gasteiger partial charge in [0.05, 0.1) is 24.8 Å². The molecule has 0 unspecified atom stereocenters. The van der Waals surface area contributed by atoms with Gasteiger partial charge in [-0.25, -0.2) is 9.37 Å². The van der Waals surface area contributed by atoms with Gasteiger partial charge in [0.2, 0.25) is 0 Å². The Kier molecular flexibility index (Phi) is 4.58. The largest absolute Gasteiger partial charge is 0.389 e. The number of pyridine rings is 1. The van der Waals surface area contributed by atoms with Crippen molar-refractivity contribution >= 4 is 16.7 Å². The van der Waals surface area contributed by atoms with Crippen LogP contribution in [0.2, 0.25) is 0 Å². The Labute approximate surface area is 147 Å². The van der Waals surface area contributed by atoms with E-state index in [0.29, 0.717) is 26.3 Å². The molecule has 4 rings (SSSR count). The molecule has 0 aliphatic carbocycles. The number of aromatic nitrogens is 1. The lowest BCUT2D eigenvalue weighted by atomic mass is 10.1. The molecule has 0 saturated carbocycles. The summed E-state index contributed by atoms with van der Waals surface area (Å²) >= 11 is 0. The topological polar surface area (TPSA) is 48.8 Å². The minimum Gasteiger partial charge on any atom is -0.389 e. The van der Waals surface area contributed by atoms with E-state index in [0.717, 1.165) is 35.4 Å². The fraction of sp³-hybridized carbons (Fsp3) is 0.526. The summed E-state index contributed by atoms with van der Waals surface area (Å²) < 4.78 is 19.2. The quantitative estimate of drug-likeness (QED) is 0.921. The summed E-state index contributed by atoms with van der Waals surface area (Å²) in [5.74, 6) is 0.957. The summed E-state index contributed by atoms with van der Waals surface area (Å²) in [6.45, 7) is 6.32. The van der Waals surface area contributed by atoms with Crippen LogP contribution in [0, 0.1) is 6.92 Å². The second-order valence-corrected chi connectivity index (χ2v) is 7.04. The molecule has 2 fully saturated rings. The molecule has 1 aromatic heterocycles. The number of morpholine rings is 1. The first-order valence-electron chi connectivity index (χ1n) is 8.87. The highest BCUT2D eigenvalue weighted by molar-refractivity contribution is 5.82. The highest BCUT2D eigenvalue weighted by Crippen LogP contribution is 2.28. The van der Waals surface area contributed by atoms with Crippen LogP contribution in [0.3, 0.4) is 0 Å². The van der Waals surface area contributed by atoms with Crippen molar-refractivity contribution in [3.05, 3.63) is 35.4 Å². The van der Waals surface area contributed by atoms with Crippen LogP contribution in [0.25, 0.3) is 10.9 Å². The number of anilines is 1. The molecular weight excluding hydrogens is 321 g/mol. The second kappa shape index (κ2) is 6.86. The zero-order valence-electron chi connectivity index (χ0n) is 14.5. The van der Waals surface area contributed by atoms with Crippen LogP contribution >= 0.6 is 0 Å². The van der Waals surface area contributed by atoms with Crippen molar-refractivity contribution in [2.75, 3.05) is 44.3 Å². The zero-order valence-corrected chi connectivity index (χ0v) is 14.5. The van der Waals surface area contributed by atoms with Crippen LogP contribution in [-0.4, -0.2) is 66.7 Å². The number of rotatable bonds is 3. The number of nitrogens with zero attached hydrogens (tertiary/aromatic N) is 3. The van der Waals surface area contributed by atoms with Crippen molar-refractivity contribution in [3.8, 4) is 0 Å². The van der Waals surface area contributed by atoms with E-state index in [9.17, 15) is 9.50 Å². The number of β-amino-alcohol motifs (C(OH)–C–C–N with tert-alkyl or cyclic N) is 1. The number of benzene rings is 1. The molecule has 6 heteroatoms. The summed E-state index contributed by atoms with van der Waals surface area (Å²) in [5.41, 5.74) is 3.25. The lowest BCUT2D eigenvalue weighted by Gasteiger charge is -2.30. The van der Waals surface area contributed by atoms with E-state index in [4.69, 9.17) is 9.72 Å². The summed E-state index contributed by atoms with van der Waals surface area (Å²) in [6, 6.07) is 8.42. The molecule has 2 aromatic rings. The Balaban J connectivity index is 1.70. The Morgan fingerprint density at radius 3 is 2.76 bits per heavy atom. The van der Waals surface area contributed by atoms with E-state index < -0.39 is 12.3 Å². The minimum absolute atomic E-state index is 0.273. The van der Waals surface area contributed by atoms with E-state index in [1.807, 2.05) is 4.90 Å². The van der Waals surface area contributed by atoms with Gasteiger partial charge in [-0.05, 0) is 24.6 Å². The molecule has 0 spiro atoms. The van der Waals surface area contributed by atoms with Crippen molar-refractivity contribution < 1.29 is 14.2 Å². The molecule has 0 radical (unpaired) electrons. The lowest BCUT2D eigenvalue weighted by molar-refractivity contribution is 0.115. The second-order valence-electron chi connectivity index (χ2n) is 7.04. The van der Waals surface area contributed by atoms with Gasteiger partial charge in [-0.1, -0.05) is 12.1 Å². The Hall–Kier alpha value is -1.76. The molecule has 134 valence electrons. The van der Waals surface area contributed by atoms with Gasteiger partial charge in [-0.15, -0.1) is 0 Å². The SMILES string of the molecule is Cc1ccc2cc(CN3C[C@H](O)[C@@H](F)C3)c(N3CCOCC3)nc2c1. The van der Waals surface area contributed by atoms with Crippen LogP contribution < -0.4 is 4.90 Å². The Bertz CT molecular complexity index is 754. The summed E-state index contributed by atoms with van der Waals surface area (Å²) in [7, 11) is 0. The van der Waals surface area contributed by atoms with Crippen molar-refractivity contribution in [1.82, 2.24) is 9.88 Å². The highest BCUT2D eigenvalue weighted by atomic mass is 19.1. The fourth-order valence-electron chi connectivity index (χ4n) is 3.67. The number of aryl methyl sites for hydroxylation is 1. The summed E-state index contributed by atoms with van der Waals surface area (Å²) in [6.07, 6.45) is -2.05. The normalized spacial score (nSPS) is 25.0. The molecular formula is C19H24FN3O2. The molecule has 3 heterocycles.